The number of ether oxygens (including phenoxy) is 2. The molecule has 0 radical (unpaired) electrons. The Labute approximate surface area is 95.3 Å². The van der Waals surface area contributed by atoms with Gasteiger partial charge in [-0.15, -0.1) is 0 Å². The van der Waals surface area contributed by atoms with Gasteiger partial charge in [-0.2, -0.15) is 0 Å². The molecule has 0 N–H and O–H groups in total. The average molecular weight is 216 g/mol. The van der Waals surface area contributed by atoms with Crippen molar-refractivity contribution in [3.63, 3.8) is 0 Å². The van der Waals surface area contributed by atoms with Crippen LogP contribution in [0.5, 0.6) is 0 Å². The molecule has 92 valence electrons. The Balaban J connectivity index is 3.33. The lowest BCUT2D eigenvalue weighted by Gasteiger charge is -2.20. The lowest BCUT2D eigenvalue weighted by Crippen LogP contribution is -2.22. The van der Waals surface area contributed by atoms with Gasteiger partial charge in [0.05, 0.1) is 0 Å². The molecule has 0 aromatic carbocycles. The van der Waals surface area contributed by atoms with Gasteiger partial charge in [-0.05, 0) is 6.42 Å². The van der Waals surface area contributed by atoms with Crippen molar-refractivity contribution in [2.24, 2.45) is 5.92 Å². The standard InChI is InChI=1S/C13H28O2/c1-5-6-7-8-9-10-11-12(2)13(14-3)15-4/h12-13H,5-11H2,1-4H3/t12-/m0/s1. The van der Waals surface area contributed by atoms with E-state index in [2.05, 4.69) is 13.8 Å². The zero-order valence-electron chi connectivity index (χ0n) is 10.9. The molecule has 2 heteroatoms. The molecule has 1 atom stereocenters. The minimum Gasteiger partial charge on any atom is -0.356 e. The number of hydrogen-bond acceptors (Lipinski definition) is 2. The zero-order valence-corrected chi connectivity index (χ0v) is 10.9. The minimum absolute atomic E-state index is 0.0272. The van der Waals surface area contributed by atoms with Crippen LogP contribution in [0.25, 0.3) is 0 Å². The Kier molecular flexibility index (Phi) is 10.4. The van der Waals surface area contributed by atoms with E-state index >= 15 is 0 Å². The van der Waals surface area contributed by atoms with Crippen LogP contribution in [0.15, 0.2) is 0 Å². The molecule has 0 saturated heterocycles. The summed E-state index contributed by atoms with van der Waals surface area (Å²) in [5.41, 5.74) is 0. The van der Waals surface area contributed by atoms with E-state index in [4.69, 9.17) is 9.47 Å². The molecular weight excluding hydrogens is 188 g/mol. The first-order valence-electron chi connectivity index (χ1n) is 6.31. The van der Waals surface area contributed by atoms with Crippen molar-refractivity contribution in [3.05, 3.63) is 0 Å². The Morgan fingerprint density at radius 2 is 1.40 bits per heavy atom. The van der Waals surface area contributed by atoms with Crippen molar-refractivity contribution in [1.29, 1.82) is 0 Å². The molecule has 0 aromatic rings. The fraction of sp³-hybridized carbons (Fsp3) is 1.00. The van der Waals surface area contributed by atoms with E-state index in [-0.39, 0.29) is 6.29 Å². The van der Waals surface area contributed by atoms with Crippen LogP contribution >= 0.6 is 0 Å². The molecule has 0 unspecified atom stereocenters. The highest BCUT2D eigenvalue weighted by Crippen LogP contribution is 2.16. The van der Waals surface area contributed by atoms with Crippen LogP contribution < -0.4 is 0 Å². The van der Waals surface area contributed by atoms with Crippen molar-refractivity contribution in [1.82, 2.24) is 0 Å². The molecule has 2 nitrogen and oxygen atoms in total. The molecule has 0 spiro atoms. The lowest BCUT2D eigenvalue weighted by atomic mass is 10.0. The van der Waals surface area contributed by atoms with E-state index < -0.39 is 0 Å². The maximum atomic E-state index is 5.23. The fourth-order valence-electron chi connectivity index (χ4n) is 1.94. The average Bonchev–Trinajstić information content (AvgIpc) is 2.25. The molecule has 0 aliphatic heterocycles. The maximum Gasteiger partial charge on any atom is 0.159 e. The van der Waals surface area contributed by atoms with Crippen molar-refractivity contribution in [2.75, 3.05) is 14.2 Å². The summed E-state index contributed by atoms with van der Waals surface area (Å²) in [5, 5.41) is 0. The highest BCUT2D eigenvalue weighted by Gasteiger charge is 2.14. The van der Waals surface area contributed by atoms with E-state index in [1.165, 1.54) is 44.9 Å². The second-order valence-electron chi connectivity index (χ2n) is 4.37. The molecule has 0 aromatic heterocycles. The van der Waals surface area contributed by atoms with Crippen LogP contribution in [0, 0.1) is 5.92 Å². The zero-order chi connectivity index (χ0) is 11.5. The van der Waals surface area contributed by atoms with E-state index in [0.29, 0.717) is 5.92 Å². The number of unbranched alkanes of at least 4 members (excludes halogenated alkanes) is 5. The Hall–Kier alpha value is -0.0800. The summed E-state index contributed by atoms with van der Waals surface area (Å²) in [6.45, 7) is 4.45. The predicted molar refractivity (Wildman–Crippen MR) is 65.0 cm³/mol. The van der Waals surface area contributed by atoms with Crippen LogP contribution in [0.2, 0.25) is 0 Å². The molecular formula is C13H28O2. The van der Waals surface area contributed by atoms with Gasteiger partial charge >= 0.3 is 0 Å². The second kappa shape index (κ2) is 10.4. The third-order valence-electron chi connectivity index (χ3n) is 2.94. The first-order valence-corrected chi connectivity index (χ1v) is 6.31. The first kappa shape index (κ1) is 14.9. The lowest BCUT2D eigenvalue weighted by molar-refractivity contribution is -0.134. The third-order valence-corrected chi connectivity index (χ3v) is 2.94. The quantitative estimate of drug-likeness (QED) is 0.406. The van der Waals surface area contributed by atoms with Gasteiger partial charge in [0.2, 0.25) is 0 Å². The molecule has 0 amide bonds. The SMILES string of the molecule is CCCCCCCC[C@H](C)C(OC)OC. The number of rotatable bonds is 10. The molecule has 15 heavy (non-hydrogen) atoms. The number of methoxy groups -OCH3 is 2. The molecule has 0 aliphatic rings. The second-order valence-corrected chi connectivity index (χ2v) is 4.37. The molecule has 0 aliphatic carbocycles. The summed E-state index contributed by atoms with van der Waals surface area (Å²) in [6.07, 6.45) is 9.31. The van der Waals surface area contributed by atoms with E-state index in [0.717, 1.165) is 0 Å². The van der Waals surface area contributed by atoms with Gasteiger partial charge in [-0.3, -0.25) is 0 Å². The molecule has 0 rings (SSSR count). The van der Waals surface area contributed by atoms with Gasteiger partial charge in [0.25, 0.3) is 0 Å². The minimum atomic E-state index is -0.0272. The van der Waals surface area contributed by atoms with Gasteiger partial charge in [-0.1, -0.05) is 52.4 Å². The highest BCUT2D eigenvalue weighted by atomic mass is 16.7. The summed E-state index contributed by atoms with van der Waals surface area (Å²) < 4.78 is 10.5. The van der Waals surface area contributed by atoms with Crippen molar-refractivity contribution >= 4 is 0 Å². The van der Waals surface area contributed by atoms with Crippen LogP contribution in [-0.2, 0) is 9.47 Å². The molecule has 0 bridgehead atoms. The summed E-state index contributed by atoms with van der Waals surface area (Å²) in [5.74, 6) is 0.506. The smallest absolute Gasteiger partial charge is 0.159 e. The van der Waals surface area contributed by atoms with E-state index in [1.807, 2.05) is 0 Å². The first-order chi connectivity index (χ1) is 7.26. The molecule has 0 fully saturated rings. The van der Waals surface area contributed by atoms with E-state index in [1.54, 1.807) is 14.2 Å². The van der Waals surface area contributed by atoms with Gasteiger partial charge in [0.1, 0.15) is 0 Å². The normalized spacial score (nSPS) is 13.4. The fourth-order valence-corrected chi connectivity index (χ4v) is 1.94. The van der Waals surface area contributed by atoms with Crippen molar-refractivity contribution < 1.29 is 9.47 Å². The van der Waals surface area contributed by atoms with Gasteiger partial charge < -0.3 is 9.47 Å². The van der Waals surface area contributed by atoms with Crippen molar-refractivity contribution in [3.8, 4) is 0 Å². The largest absolute Gasteiger partial charge is 0.356 e. The summed E-state index contributed by atoms with van der Waals surface area (Å²) in [4.78, 5) is 0. The summed E-state index contributed by atoms with van der Waals surface area (Å²) in [7, 11) is 3.43. The van der Waals surface area contributed by atoms with Gasteiger partial charge in [0.15, 0.2) is 6.29 Å². The topological polar surface area (TPSA) is 18.5 Å². The predicted octanol–water partition coefficient (Wildman–Crippen LogP) is 3.99. The summed E-state index contributed by atoms with van der Waals surface area (Å²) >= 11 is 0. The Morgan fingerprint density at radius 1 is 0.867 bits per heavy atom. The van der Waals surface area contributed by atoms with Crippen LogP contribution in [0.4, 0.5) is 0 Å². The monoisotopic (exact) mass is 216 g/mol. The van der Waals surface area contributed by atoms with E-state index in [9.17, 15) is 0 Å². The maximum absolute atomic E-state index is 5.23. The van der Waals surface area contributed by atoms with Crippen LogP contribution in [-0.4, -0.2) is 20.5 Å². The van der Waals surface area contributed by atoms with Gasteiger partial charge in [-0.25, -0.2) is 0 Å². The van der Waals surface area contributed by atoms with Gasteiger partial charge in [0, 0.05) is 20.1 Å². The molecule has 0 heterocycles. The highest BCUT2D eigenvalue weighted by molar-refractivity contribution is 4.57. The third kappa shape index (κ3) is 7.80. The molecule has 0 saturated carbocycles. The Bertz CT molecular complexity index is 122. The van der Waals surface area contributed by atoms with Crippen molar-refractivity contribution in [2.45, 2.75) is 65.1 Å². The summed E-state index contributed by atoms with van der Waals surface area (Å²) in [6, 6.07) is 0. The Morgan fingerprint density at radius 3 is 1.93 bits per heavy atom. The van der Waals surface area contributed by atoms with Crippen LogP contribution in [0.1, 0.15) is 58.8 Å². The number of hydrogen-bond donors (Lipinski definition) is 0. The van der Waals surface area contributed by atoms with Crippen LogP contribution in [0.3, 0.4) is 0 Å².